The second-order valence-corrected chi connectivity index (χ2v) is 8.66. The standard InChI is InChI=1S/C22H21ClN4O3S/c1-27(22(11-5-4-10-18(22)28)16-8-2-3-9-17(16)23)19(29)14-31-21-26-25-20(30-21)15-7-6-12-24-13-15/h2-3,6-9,12-13H,4-5,10-11,14H2,1H3/t22-/m1/s1. The van der Waals surface area contributed by atoms with Crippen molar-refractivity contribution in [2.24, 2.45) is 0 Å². The lowest BCUT2D eigenvalue weighted by molar-refractivity contribution is -0.146. The summed E-state index contributed by atoms with van der Waals surface area (Å²) in [6, 6.07) is 10.8. The molecule has 4 rings (SSSR count). The highest BCUT2D eigenvalue weighted by Crippen LogP contribution is 2.42. The number of carbonyl (C=O) groups excluding carboxylic acids is 2. The van der Waals surface area contributed by atoms with Gasteiger partial charge in [0.05, 0.1) is 11.3 Å². The van der Waals surface area contributed by atoms with E-state index < -0.39 is 5.54 Å². The number of carbonyl (C=O) groups is 2. The number of nitrogens with zero attached hydrogens (tertiary/aromatic N) is 4. The van der Waals surface area contributed by atoms with Crippen molar-refractivity contribution in [2.45, 2.75) is 36.4 Å². The quantitative estimate of drug-likeness (QED) is 0.508. The normalized spacial score (nSPS) is 18.7. The van der Waals surface area contributed by atoms with Crippen molar-refractivity contribution in [1.82, 2.24) is 20.1 Å². The van der Waals surface area contributed by atoms with Gasteiger partial charge in [0.25, 0.3) is 5.22 Å². The number of likely N-dealkylation sites (N-methyl/N-ethyl adjacent to an activating group) is 1. The fraction of sp³-hybridized carbons (Fsp3) is 0.318. The molecule has 0 radical (unpaired) electrons. The number of Topliss-reactive ketones (excluding diaryl/α,β-unsaturated/α-hetero) is 1. The van der Waals surface area contributed by atoms with Crippen LogP contribution in [0.25, 0.3) is 11.5 Å². The van der Waals surface area contributed by atoms with Gasteiger partial charge in [-0.2, -0.15) is 0 Å². The Bertz CT molecular complexity index is 1090. The minimum atomic E-state index is -1.05. The lowest BCUT2D eigenvalue weighted by atomic mass is 9.74. The molecule has 0 N–H and O–H groups in total. The van der Waals surface area contributed by atoms with Crippen molar-refractivity contribution in [3.8, 4) is 11.5 Å². The molecule has 0 spiro atoms. The van der Waals surface area contributed by atoms with E-state index >= 15 is 0 Å². The van der Waals surface area contributed by atoms with E-state index in [2.05, 4.69) is 15.2 Å². The first-order chi connectivity index (χ1) is 15.0. The molecule has 1 fully saturated rings. The predicted octanol–water partition coefficient (Wildman–Crippen LogP) is 4.37. The molecule has 3 aromatic rings. The number of hydrogen-bond acceptors (Lipinski definition) is 7. The van der Waals surface area contributed by atoms with Crippen molar-refractivity contribution in [3.63, 3.8) is 0 Å². The van der Waals surface area contributed by atoms with E-state index in [0.717, 1.165) is 24.6 Å². The van der Waals surface area contributed by atoms with Crippen LogP contribution in [0.5, 0.6) is 0 Å². The summed E-state index contributed by atoms with van der Waals surface area (Å²) >= 11 is 7.60. The van der Waals surface area contributed by atoms with Crippen molar-refractivity contribution >= 4 is 35.1 Å². The molecule has 31 heavy (non-hydrogen) atoms. The van der Waals surface area contributed by atoms with Crippen molar-refractivity contribution in [3.05, 3.63) is 59.4 Å². The molecular formula is C22H21ClN4O3S. The molecule has 160 valence electrons. The highest BCUT2D eigenvalue weighted by molar-refractivity contribution is 7.99. The topological polar surface area (TPSA) is 89.2 Å². The van der Waals surface area contributed by atoms with E-state index in [0.29, 0.717) is 34.9 Å². The number of ketones is 1. The van der Waals surface area contributed by atoms with Gasteiger partial charge >= 0.3 is 0 Å². The number of amides is 1. The summed E-state index contributed by atoms with van der Waals surface area (Å²) in [5.41, 5.74) is 0.332. The molecule has 1 atom stereocenters. The van der Waals surface area contributed by atoms with E-state index in [1.807, 2.05) is 24.3 Å². The Hall–Kier alpha value is -2.71. The molecule has 2 aromatic heterocycles. The van der Waals surface area contributed by atoms with E-state index in [9.17, 15) is 9.59 Å². The van der Waals surface area contributed by atoms with Crippen LogP contribution >= 0.6 is 23.4 Å². The molecule has 1 aromatic carbocycles. The lowest BCUT2D eigenvalue weighted by Gasteiger charge is -2.44. The highest BCUT2D eigenvalue weighted by atomic mass is 35.5. The van der Waals surface area contributed by atoms with Gasteiger partial charge in [0.2, 0.25) is 11.8 Å². The van der Waals surface area contributed by atoms with Crippen LogP contribution in [0, 0.1) is 0 Å². The van der Waals surface area contributed by atoms with Crippen LogP contribution in [-0.2, 0) is 15.1 Å². The molecular weight excluding hydrogens is 436 g/mol. The monoisotopic (exact) mass is 456 g/mol. The molecule has 0 saturated heterocycles. The van der Waals surface area contributed by atoms with Crippen LogP contribution in [0.15, 0.2) is 58.4 Å². The zero-order chi connectivity index (χ0) is 21.8. The summed E-state index contributed by atoms with van der Waals surface area (Å²) in [5.74, 6) is 0.210. The molecule has 1 amide bonds. The number of benzene rings is 1. The first-order valence-electron chi connectivity index (χ1n) is 9.94. The van der Waals surface area contributed by atoms with E-state index in [1.54, 1.807) is 36.5 Å². The molecule has 0 aliphatic heterocycles. The van der Waals surface area contributed by atoms with Crippen LogP contribution < -0.4 is 0 Å². The zero-order valence-electron chi connectivity index (χ0n) is 17.0. The number of hydrogen-bond donors (Lipinski definition) is 0. The van der Waals surface area contributed by atoms with Crippen LogP contribution in [0.2, 0.25) is 5.02 Å². The molecule has 1 aliphatic carbocycles. The predicted molar refractivity (Wildman–Crippen MR) is 118 cm³/mol. The summed E-state index contributed by atoms with van der Waals surface area (Å²) in [4.78, 5) is 31.9. The molecule has 1 saturated carbocycles. The second-order valence-electron chi connectivity index (χ2n) is 7.33. The largest absolute Gasteiger partial charge is 0.411 e. The Kier molecular flexibility index (Phi) is 6.38. The minimum Gasteiger partial charge on any atom is -0.411 e. The number of halogens is 1. The number of pyridine rings is 1. The van der Waals surface area contributed by atoms with Crippen LogP contribution in [-0.4, -0.2) is 44.6 Å². The third-order valence-corrected chi connectivity index (χ3v) is 6.69. The first kappa shape index (κ1) is 21.5. The molecule has 0 bridgehead atoms. The zero-order valence-corrected chi connectivity index (χ0v) is 18.5. The molecule has 7 nitrogen and oxygen atoms in total. The van der Waals surface area contributed by atoms with Crippen molar-refractivity contribution in [2.75, 3.05) is 12.8 Å². The van der Waals surface area contributed by atoms with Gasteiger partial charge in [-0.05, 0) is 37.5 Å². The van der Waals surface area contributed by atoms with Gasteiger partial charge in [0, 0.05) is 36.4 Å². The van der Waals surface area contributed by atoms with Gasteiger partial charge in [-0.3, -0.25) is 14.6 Å². The second kappa shape index (κ2) is 9.20. The van der Waals surface area contributed by atoms with Gasteiger partial charge in [0.15, 0.2) is 5.78 Å². The van der Waals surface area contributed by atoms with Crippen LogP contribution in [0.4, 0.5) is 0 Å². The molecule has 1 aliphatic rings. The van der Waals surface area contributed by atoms with Gasteiger partial charge < -0.3 is 9.32 Å². The van der Waals surface area contributed by atoms with E-state index in [1.165, 1.54) is 0 Å². The third kappa shape index (κ3) is 4.22. The van der Waals surface area contributed by atoms with E-state index in [4.69, 9.17) is 16.0 Å². The Labute approximate surface area is 189 Å². The maximum absolute atomic E-state index is 13.1. The Morgan fingerprint density at radius 1 is 1.23 bits per heavy atom. The van der Waals surface area contributed by atoms with Gasteiger partial charge in [-0.1, -0.05) is 41.6 Å². The summed E-state index contributed by atoms with van der Waals surface area (Å²) < 4.78 is 5.64. The number of thioether (sulfide) groups is 1. The van der Waals surface area contributed by atoms with E-state index in [-0.39, 0.29) is 22.7 Å². The Morgan fingerprint density at radius 2 is 2.06 bits per heavy atom. The number of aromatic nitrogens is 3. The van der Waals surface area contributed by atoms with Crippen LogP contribution in [0.1, 0.15) is 31.2 Å². The summed E-state index contributed by atoms with van der Waals surface area (Å²) in [5, 5.41) is 8.78. The summed E-state index contributed by atoms with van der Waals surface area (Å²) in [6.45, 7) is 0. The van der Waals surface area contributed by atoms with Crippen molar-refractivity contribution < 1.29 is 14.0 Å². The van der Waals surface area contributed by atoms with Crippen molar-refractivity contribution in [1.29, 1.82) is 0 Å². The van der Waals surface area contributed by atoms with Gasteiger partial charge in [-0.15, -0.1) is 10.2 Å². The molecule has 2 heterocycles. The third-order valence-electron chi connectivity index (χ3n) is 5.55. The average Bonchev–Trinajstić information content (AvgIpc) is 3.28. The van der Waals surface area contributed by atoms with Gasteiger partial charge in [-0.25, -0.2) is 0 Å². The Morgan fingerprint density at radius 3 is 2.81 bits per heavy atom. The fourth-order valence-electron chi connectivity index (χ4n) is 3.94. The lowest BCUT2D eigenvalue weighted by Crippen LogP contribution is -2.54. The maximum atomic E-state index is 13.1. The Balaban J connectivity index is 1.52. The summed E-state index contributed by atoms with van der Waals surface area (Å²) in [6.07, 6.45) is 5.93. The maximum Gasteiger partial charge on any atom is 0.277 e. The SMILES string of the molecule is CN(C(=O)CSc1nnc(-c2cccnc2)o1)[C@@]1(c2ccccc2Cl)CCCCC1=O. The summed E-state index contributed by atoms with van der Waals surface area (Å²) in [7, 11) is 1.67. The highest BCUT2D eigenvalue weighted by Gasteiger charge is 2.47. The molecule has 9 heteroatoms. The average molecular weight is 457 g/mol. The fourth-order valence-corrected chi connectivity index (χ4v) is 4.91. The number of rotatable bonds is 6. The minimum absolute atomic E-state index is 0.0179. The smallest absolute Gasteiger partial charge is 0.277 e. The van der Waals surface area contributed by atoms with Crippen LogP contribution in [0.3, 0.4) is 0 Å². The van der Waals surface area contributed by atoms with Gasteiger partial charge in [0.1, 0.15) is 5.54 Å². The first-order valence-corrected chi connectivity index (χ1v) is 11.3. The molecule has 0 unspecified atom stereocenters.